The number of sulfonamides is 1. The zero-order valence-electron chi connectivity index (χ0n) is 14.1. The molecule has 2 heterocycles. The molecule has 0 amide bonds. The van der Waals surface area contributed by atoms with Gasteiger partial charge in [0.2, 0.25) is 10.0 Å². The molecule has 5 nitrogen and oxygen atoms in total. The molecular weight excluding hydrogens is 286 g/mol. The number of fused-ring (bicyclic) bond motifs is 1. The Bertz CT molecular complexity index is 604. The highest BCUT2D eigenvalue weighted by Crippen LogP contribution is 2.39. The van der Waals surface area contributed by atoms with Crippen molar-refractivity contribution >= 4 is 15.9 Å². The van der Waals surface area contributed by atoms with E-state index in [0.29, 0.717) is 6.54 Å². The number of rotatable bonds is 0. The van der Waals surface area contributed by atoms with Crippen molar-refractivity contribution in [1.82, 2.24) is 9.62 Å². The fraction of sp³-hybridized carbons (Fsp3) is 0.800. The largest absolute Gasteiger partial charge is 0.316 e. The standard InChI is InChI=1S/C15H27N3O2S/c1-10-12(14(2,3)4)11-8-16-21(19,20)9-18(11)13(17-10)15(5,6)7/h10,16H,8-9H2,1-7H3/t10-/m0/s1. The molecule has 1 fully saturated rings. The molecule has 1 saturated heterocycles. The van der Waals surface area contributed by atoms with E-state index in [0.717, 1.165) is 11.5 Å². The first-order chi connectivity index (χ1) is 9.33. The molecule has 0 bridgehead atoms. The van der Waals surface area contributed by atoms with E-state index < -0.39 is 10.0 Å². The van der Waals surface area contributed by atoms with Gasteiger partial charge in [0, 0.05) is 11.1 Å². The van der Waals surface area contributed by atoms with Crippen LogP contribution < -0.4 is 4.72 Å². The van der Waals surface area contributed by atoms with Crippen LogP contribution in [0, 0.1) is 10.8 Å². The summed E-state index contributed by atoms with van der Waals surface area (Å²) in [6, 6.07) is 0.0769. The first-order valence-corrected chi connectivity index (χ1v) is 9.05. The fourth-order valence-electron chi connectivity index (χ4n) is 3.21. The molecule has 1 atom stereocenters. The lowest BCUT2D eigenvalue weighted by atomic mass is 9.79. The maximum absolute atomic E-state index is 12.0. The van der Waals surface area contributed by atoms with Crippen molar-refractivity contribution in [2.45, 2.75) is 54.5 Å². The summed E-state index contributed by atoms with van der Waals surface area (Å²) in [6.07, 6.45) is 0. The molecule has 21 heavy (non-hydrogen) atoms. The summed E-state index contributed by atoms with van der Waals surface area (Å²) in [4.78, 5) is 6.75. The van der Waals surface area contributed by atoms with Crippen molar-refractivity contribution in [1.29, 1.82) is 0 Å². The van der Waals surface area contributed by atoms with Crippen LogP contribution in [-0.4, -0.2) is 37.6 Å². The molecular formula is C15H27N3O2S. The number of hydrogen-bond acceptors (Lipinski definition) is 4. The Balaban J connectivity index is 2.60. The van der Waals surface area contributed by atoms with Gasteiger partial charge >= 0.3 is 0 Å². The Labute approximate surface area is 128 Å². The lowest BCUT2D eigenvalue weighted by Crippen LogP contribution is -2.54. The van der Waals surface area contributed by atoms with Crippen LogP contribution in [0.25, 0.3) is 0 Å². The highest BCUT2D eigenvalue weighted by molar-refractivity contribution is 7.89. The number of amidine groups is 1. The van der Waals surface area contributed by atoms with E-state index in [2.05, 4.69) is 53.2 Å². The maximum atomic E-state index is 12.0. The molecule has 0 aromatic heterocycles. The van der Waals surface area contributed by atoms with Gasteiger partial charge in [-0.15, -0.1) is 0 Å². The van der Waals surface area contributed by atoms with Crippen LogP contribution in [0.4, 0.5) is 0 Å². The van der Waals surface area contributed by atoms with Crippen LogP contribution in [0.5, 0.6) is 0 Å². The Morgan fingerprint density at radius 2 is 1.71 bits per heavy atom. The first kappa shape index (κ1) is 16.5. The van der Waals surface area contributed by atoms with Gasteiger partial charge in [-0.2, -0.15) is 0 Å². The predicted molar refractivity (Wildman–Crippen MR) is 86.5 cm³/mol. The monoisotopic (exact) mass is 313 g/mol. The normalized spacial score (nSPS) is 26.5. The molecule has 0 unspecified atom stereocenters. The minimum absolute atomic E-state index is 0.0370. The maximum Gasteiger partial charge on any atom is 0.230 e. The van der Waals surface area contributed by atoms with Crippen molar-refractivity contribution in [2.75, 3.05) is 12.4 Å². The summed E-state index contributed by atoms with van der Waals surface area (Å²) in [5.41, 5.74) is 2.07. The second kappa shape index (κ2) is 4.81. The number of nitrogens with zero attached hydrogens (tertiary/aromatic N) is 2. The topological polar surface area (TPSA) is 61.8 Å². The van der Waals surface area contributed by atoms with E-state index >= 15 is 0 Å². The molecule has 0 saturated carbocycles. The molecule has 0 aromatic rings. The molecule has 2 rings (SSSR count). The highest BCUT2D eigenvalue weighted by Gasteiger charge is 2.41. The van der Waals surface area contributed by atoms with Gasteiger partial charge in [-0.25, -0.2) is 13.1 Å². The van der Waals surface area contributed by atoms with Crippen LogP contribution in [0.15, 0.2) is 16.3 Å². The van der Waals surface area contributed by atoms with Gasteiger partial charge in [0.05, 0.1) is 12.6 Å². The summed E-state index contributed by atoms with van der Waals surface area (Å²) in [5, 5.41) is 0. The summed E-state index contributed by atoms with van der Waals surface area (Å²) in [7, 11) is -3.27. The van der Waals surface area contributed by atoms with Crippen molar-refractivity contribution in [3.63, 3.8) is 0 Å². The molecule has 2 aliphatic heterocycles. The van der Waals surface area contributed by atoms with Gasteiger partial charge in [-0.3, -0.25) is 4.99 Å². The van der Waals surface area contributed by atoms with E-state index in [-0.39, 0.29) is 22.7 Å². The third kappa shape index (κ3) is 3.16. The van der Waals surface area contributed by atoms with Crippen LogP contribution in [0.2, 0.25) is 0 Å². The van der Waals surface area contributed by atoms with Gasteiger partial charge < -0.3 is 4.90 Å². The van der Waals surface area contributed by atoms with Crippen LogP contribution in [0.1, 0.15) is 48.5 Å². The van der Waals surface area contributed by atoms with E-state index in [1.54, 1.807) is 0 Å². The predicted octanol–water partition coefficient (Wildman–Crippen LogP) is 2.33. The quantitative estimate of drug-likeness (QED) is 0.746. The third-order valence-corrected chi connectivity index (χ3v) is 5.05. The van der Waals surface area contributed by atoms with Crippen LogP contribution in [0.3, 0.4) is 0 Å². The number of aliphatic imine (C=N–C) groups is 1. The Kier molecular flexibility index (Phi) is 3.78. The average Bonchev–Trinajstić information content (AvgIpc) is 2.24. The zero-order valence-corrected chi connectivity index (χ0v) is 14.9. The second-order valence-corrected chi connectivity index (χ2v) is 9.76. The van der Waals surface area contributed by atoms with Crippen molar-refractivity contribution in [3.05, 3.63) is 11.3 Å². The third-order valence-electron chi connectivity index (χ3n) is 3.86. The minimum Gasteiger partial charge on any atom is -0.316 e. The molecule has 0 spiro atoms. The van der Waals surface area contributed by atoms with E-state index in [4.69, 9.17) is 4.99 Å². The van der Waals surface area contributed by atoms with Gasteiger partial charge in [0.25, 0.3) is 0 Å². The molecule has 120 valence electrons. The Hall–Kier alpha value is -0.880. The molecule has 0 radical (unpaired) electrons. The lowest BCUT2D eigenvalue weighted by molar-refractivity contribution is 0.375. The van der Waals surface area contributed by atoms with E-state index in [1.807, 2.05) is 4.90 Å². The zero-order chi connectivity index (χ0) is 16.2. The van der Waals surface area contributed by atoms with Crippen LogP contribution in [-0.2, 0) is 10.0 Å². The Morgan fingerprint density at radius 3 is 2.19 bits per heavy atom. The van der Waals surface area contributed by atoms with Gasteiger partial charge in [0.1, 0.15) is 11.7 Å². The molecule has 1 N–H and O–H groups in total. The van der Waals surface area contributed by atoms with Gasteiger partial charge in [0.15, 0.2) is 0 Å². The van der Waals surface area contributed by atoms with Crippen molar-refractivity contribution in [3.8, 4) is 0 Å². The highest BCUT2D eigenvalue weighted by atomic mass is 32.2. The summed E-state index contributed by atoms with van der Waals surface area (Å²) < 4.78 is 26.6. The molecule has 6 heteroatoms. The number of nitrogens with one attached hydrogen (secondary N) is 1. The summed E-state index contributed by atoms with van der Waals surface area (Å²) in [5.74, 6) is 0.827. The number of hydrogen-bond donors (Lipinski definition) is 1. The van der Waals surface area contributed by atoms with Gasteiger partial charge in [-0.1, -0.05) is 41.5 Å². The van der Waals surface area contributed by atoms with Crippen LogP contribution >= 0.6 is 0 Å². The van der Waals surface area contributed by atoms with Crippen molar-refractivity contribution in [2.24, 2.45) is 15.8 Å². The average molecular weight is 313 g/mol. The molecule has 2 aliphatic rings. The SMILES string of the molecule is C[C@@H]1N=C(C(C)(C)C)N2CS(=O)(=O)NCC2=C1C(C)(C)C. The summed E-state index contributed by atoms with van der Waals surface area (Å²) in [6.45, 7) is 15.2. The fourth-order valence-corrected chi connectivity index (χ4v) is 4.28. The summed E-state index contributed by atoms with van der Waals surface area (Å²) >= 11 is 0. The van der Waals surface area contributed by atoms with E-state index in [9.17, 15) is 8.42 Å². The molecule has 0 aliphatic carbocycles. The molecule has 0 aromatic carbocycles. The minimum atomic E-state index is -3.27. The van der Waals surface area contributed by atoms with Crippen molar-refractivity contribution < 1.29 is 8.42 Å². The van der Waals surface area contributed by atoms with Gasteiger partial charge in [-0.05, 0) is 17.9 Å². The van der Waals surface area contributed by atoms with E-state index in [1.165, 1.54) is 5.57 Å². The smallest absolute Gasteiger partial charge is 0.230 e. The Morgan fingerprint density at radius 1 is 1.14 bits per heavy atom. The lowest BCUT2D eigenvalue weighted by Gasteiger charge is -2.45. The first-order valence-electron chi connectivity index (χ1n) is 7.39. The second-order valence-electron chi connectivity index (χ2n) is 7.98.